The van der Waals surface area contributed by atoms with E-state index < -0.39 is 0 Å². The summed E-state index contributed by atoms with van der Waals surface area (Å²) < 4.78 is 13.2. The molecule has 3 aromatic carbocycles. The number of imidazole rings is 1. The summed E-state index contributed by atoms with van der Waals surface area (Å²) in [6.45, 7) is 0.677. The Balaban J connectivity index is 1.33. The number of amides is 1. The molecule has 1 atom stereocenters. The van der Waals surface area contributed by atoms with Gasteiger partial charge in [-0.25, -0.2) is 4.98 Å². The topological polar surface area (TPSA) is 98.2 Å². The first kappa shape index (κ1) is 24.0. The molecule has 5 aromatic rings. The van der Waals surface area contributed by atoms with E-state index >= 15 is 0 Å². The van der Waals surface area contributed by atoms with Gasteiger partial charge in [0.1, 0.15) is 12.4 Å². The quantitative estimate of drug-likeness (QED) is 0.305. The van der Waals surface area contributed by atoms with Gasteiger partial charge in [-0.1, -0.05) is 41.9 Å². The van der Waals surface area contributed by atoms with Gasteiger partial charge in [-0.3, -0.25) is 9.36 Å². The minimum absolute atomic E-state index is 0.0696. The van der Waals surface area contributed by atoms with Gasteiger partial charge in [-0.05, 0) is 49.2 Å². The van der Waals surface area contributed by atoms with E-state index in [9.17, 15) is 4.79 Å². The summed E-state index contributed by atoms with van der Waals surface area (Å²) in [6.07, 6.45) is 1.69. The summed E-state index contributed by atoms with van der Waals surface area (Å²) in [7, 11) is 1.55. The van der Waals surface area contributed by atoms with Crippen molar-refractivity contribution in [2.24, 2.45) is 0 Å². The second kappa shape index (κ2) is 10.2. The van der Waals surface area contributed by atoms with Gasteiger partial charge in [0.15, 0.2) is 17.3 Å². The third-order valence-electron chi connectivity index (χ3n) is 6.66. The van der Waals surface area contributed by atoms with Crippen molar-refractivity contribution in [2.45, 2.75) is 25.5 Å². The highest BCUT2D eigenvalue weighted by Crippen LogP contribution is 2.34. The normalized spacial score (nSPS) is 15.2. The molecule has 0 radical (unpaired) electrons. The molecule has 0 bridgehead atoms. The van der Waals surface area contributed by atoms with E-state index in [1.165, 1.54) is 0 Å². The van der Waals surface area contributed by atoms with Crippen molar-refractivity contribution in [1.82, 2.24) is 29.6 Å². The Kier molecular flexibility index (Phi) is 6.43. The summed E-state index contributed by atoms with van der Waals surface area (Å²) in [5.41, 5.74) is 2.60. The zero-order valence-corrected chi connectivity index (χ0v) is 21.4. The molecular weight excluding hydrogens is 504 g/mol. The average Bonchev–Trinajstić information content (AvgIpc) is 3.70. The first-order valence-corrected chi connectivity index (χ1v) is 12.7. The number of likely N-dealkylation sites (tertiary alicyclic amines) is 1. The van der Waals surface area contributed by atoms with Crippen LogP contribution in [0.4, 0.5) is 0 Å². The Morgan fingerprint density at radius 2 is 1.87 bits per heavy atom. The number of nitrogens with one attached hydrogen (secondary N) is 1. The molecule has 0 unspecified atom stereocenters. The summed E-state index contributed by atoms with van der Waals surface area (Å²) in [5, 5.41) is 9.23. The average molecular weight is 529 g/mol. The van der Waals surface area contributed by atoms with Crippen LogP contribution in [0.1, 0.15) is 41.2 Å². The van der Waals surface area contributed by atoms with Crippen molar-refractivity contribution < 1.29 is 14.3 Å². The lowest BCUT2D eigenvalue weighted by molar-refractivity contribution is 0.0715. The van der Waals surface area contributed by atoms with E-state index in [0.717, 1.165) is 35.4 Å². The molecule has 38 heavy (non-hydrogen) atoms. The van der Waals surface area contributed by atoms with Gasteiger partial charge in [0, 0.05) is 23.3 Å². The minimum atomic E-state index is -0.209. The molecule has 0 spiro atoms. The molecule has 2 aromatic heterocycles. The summed E-state index contributed by atoms with van der Waals surface area (Å²) in [5.74, 6) is 2.29. The number of benzene rings is 3. The number of para-hydroxylation sites is 3. The van der Waals surface area contributed by atoms with Crippen LogP contribution < -0.4 is 9.47 Å². The number of halogens is 1. The van der Waals surface area contributed by atoms with Gasteiger partial charge in [-0.2, -0.15) is 0 Å². The maximum absolute atomic E-state index is 14.0. The Bertz CT molecular complexity index is 1570. The van der Waals surface area contributed by atoms with Gasteiger partial charge in [0.25, 0.3) is 5.91 Å². The zero-order chi connectivity index (χ0) is 26.1. The number of carbonyl (C=O) groups excluding carboxylic acids is 1. The highest BCUT2D eigenvalue weighted by atomic mass is 35.5. The molecule has 0 saturated carbocycles. The standard InChI is InChI=1S/C28H25ClN6O3/c1-37-24-16-18(29)13-14-23(24)38-17-25-32-33-27(35(25)19-8-3-2-4-9-19)28(36)34-15-7-12-22(34)26-30-20-10-5-6-11-21(20)31-26/h2-6,8-11,13-14,16,22H,7,12,15,17H2,1H3,(H,30,31)/t22-/m1/s1. The smallest absolute Gasteiger partial charge is 0.292 e. The van der Waals surface area contributed by atoms with Crippen molar-refractivity contribution in [3.8, 4) is 17.2 Å². The van der Waals surface area contributed by atoms with Crippen LogP contribution in [0.2, 0.25) is 5.02 Å². The Morgan fingerprint density at radius 1 is 1.05 bits per heavy atom. The Hall–Kier alpha value is -4.37. The lowest BCUT2D eigenvalue weighted by Gasteiger charge is -2.23. The number of ether oxygens (including phenoxy) is 2. The maximum Gasteiger partial charge on any atom is 0.292 e. The third kappa shape index (κ3) is 4.45. The number of methoxy groups -OCH3 is 1. The molecule has 1 amide bonds. The predicted molar refractivity (Wildman–Crippen MR) is 143 cm³/mol. The van der Waals surface area contributed by atoms with Crippen molar-refractivity contribution in [3.05, 3.63) is 95.3 Å². The maximum atomic E-state index is 14.0. The monoisotopic (exact) mass is 528 g/mol. The number of aromatic nitrogens is 5. The highest BCUT2D eigenvalue weighted by molar-refractivity contribution is 6.30. The fourth-order valence-corrected chi connectivity index (χ4v) is 5.01. The first-order chi connectivity index (χ1) is 18.6. The molecule has 1 fully saturated rings. The molecule has 1 saturated heterocycles. The summed E-state index contributed by atoms with van der Waals surface area (Å²) in [6, 6.07) is 22.4. The van der Waals surface area contributed by atoms with Crippen molar-refractivity contribution in [3.63, 3.8) is 0 Å². The van der Waals surface area contributed by atoms with E-state index in [4.69, 9.17) is 26.1 Å². The molecular formula is C28H25ClN6O3. The van der Waals surface area contributed by atoms with Crippen LogP contribution in [0.5, 0.6) is 11.5 Å². The van der Waals surface area contributed by atoms with E-state index in [0.29, 0.717) is 28.9 Å². The Labute approximate surface area is 224 Å². The van der Waals surface area contributed by atoms with Crippen molar-refractivity contribution >= 4 is 28.5 Å². The van der Waals surface area contributed by atoms with Crippen LogP contribution in [0, 0.1) is 0 Å². The molecule has 0 aliphatic carbocycles. The van der Waals surface area contributed by atoms with Crippen molar-refractivity contribution in [1.29, 1.82) is 0 Å². The number of hydrogen-bond donors (Lipinski definition) is 1. The van der Waals surface area contributed by atoms with Gasteiger partial charge >= 0.3 is 0 Å². The van der Waals surface area contributed by atoms with Gasteiger partial charge < -0.3 is 19.4 Å². The molecule has 6 rings (SSSR count). The molecule has 10 heteroatoms. The summed E-state index contributed by atoms with van der Waals surface area (Å²) >= 11 is 6.09. The number of hydrogen-bond acceptors (Lipinski definition) is 6. The first-order valence-electron chi connectivity index (χ1n) is 12.3. The van der Waals surface area contributed by atoms with E-state index in [1.807, 2.05) is 59.5 Å². The largest absolute Gasteiger partial charge is 0.493 e. The fourth-order valence-electron chi connectivity index (χ4n) is 4.85. The SMILES string of the molecule is COc1cc(Cl)ccc1OCc1nnc(C(=O)N2CCC[C@@H]2c2nc3ccccc3[nH]2)n1-c1ccccc1. The van der Waals surface area contributed by atoms with E-state index in [-0.39, 0.29) is 24.4 Å². The second-order valence-electron chi connectivity index (χ2n) is 8.99. The van der Waals surface area contributed by atoms with Gasteiger partial charge in [0.05, 0.1) is 24.2 Å². The molecule has 9 nitrogen and oxygen atoms in total. The zero-order valence-electron chi connectivity index (χ0n) is 20.7. The lowest BCUT2D eigenvalue weighted by Crippen LogP contribution is -2.33. The Morgan fingerprint density at radius 3 is 2.68 bits per heavy atom. The highest BCUT2D eigenvalue weighted by Gasteiger charge is 2.35. The van der Waals surface area contributed by atoms with Crippen LogP contribution in [0.15, 0.2) is 72.8 Å². The third-order valence-corrected chi connectivity index (χ3v) is 6.89. The minimum Gasteiger partial charge on any atom is -0.493 e. The van der Waals surface area contributed by atoms with Crippen LogP contribution in [-0.2, 0) is 6.61 Å². The van der Waals surface area contributed by atoms with Crippen molar-refractivity contribution in [2.75, 3.05) is 13.7 Å². The number of rotatable bonds is 7. The predicted octanol–water partition coefficient (Wildman–Crippen LogP) is 5.36. The molecule has 1 aliphatic heterocycles. The summed E-state index contributed by atoms with van der Waals surface area (Å²) in [4.78, 5) is 23.9. The van der Waals surface area contributed by atoms with Crippen LogP contribution >= 0.6 is 11.6 Å². The second-order valence-corrected chi connectivity index (χ2v) is 9.43. The molecule has 1 aliphatic rings. The van der Waals surface area contributed by atoms with E-state index in [1.54, 1.807) is 29.9 Å². The molecule has 192 valence electrons. The number of carbonyl (C=O) groups is 1. The number of aromatic amines is 1. The number of fused-ring (bicyclic) bond motifs is 1. The lowest BCUT2D eigenvalue weighted by atomic mass is 10.2. The van der Waals surface area contributed by atoms with Crippen LogP contribution in [0.25, 0.3) is 16.7 Å². The molecule has 3 heterocycles. The number of nitrogens with zero attached hydrogens (tertiary/aromatic N) is 5. The number of H-pyrrole nitrogens is 1. The van der Waals surface area contributed by atoms with Gasteiger partial charge in [-0.15, -0.1) is 10.2 Å². The molecule has 1 N–H and O–H groups in total. The van der Waals surface area contributed by atoms with E-state index in [2.05, 4.69) is 15.2 Å². The fraction of sp³-hybridized carbons (Fsp3) is 0.214. The van der Waals surface area contributed by atoms with Gasteiger partial charge in [0.2, 0.25) is 5.82 Å². The van der Waals surface area contributed by atoms with Crippen LogP contribution in [0.3, 0.4) is 0 Å². The van der Waals surface area contributed by atoms with Crippen LogP contribution in [-0.4, -0.2) is 49.2 Å².